The first kappa shape index (κ1) is 12.4. The second-order valence-electron chi connectivity index (χ2n) is 3.05. The van der Waals surface area contributed by atoms with E-state index in [4.69, 9.17) is 0 Å². The van der Waals surface area contributed by atoms with Crippen LogP contribution in [0.15, 0.2) is 15.9 Å². The number of amides is 1. The van der Waals surface area contributed by atoms with Crippen LogP contribution in [0.25, 0.3) is 0 Å². The molecule has 0 saturated heterocycles. The van der Waals surface area contributed by atoms with Crippen LogP contribution >= 0.6 is 27.3 Å². The maximum absolute atomic E-state index is 11.6. The van der Waals surface area contributed by atoms with Gasteiger partial charge < -0.3 is 5.32 Å². The second-order valence-corrected chi connectivity index (χ2v) is 5.52. The summed E-state index contributed by atoms with van der Waals surface area (Å²) in [6.45, 7) is 0. The van der Waals surface area contributed by atoms with Crippen molar-refractivity contribution in [3.05, 3.63) is 20.8 Å². The third kappa shape index (κ3) is 4.13. The maximum atomic E-state index is 11.6. The van der Waals surface area contributed by atoms with Gasteiger partial charge in [-0.3, -0.25) is 9.59 Å². The lowest BCUT2D eigenvalue weighted by Gasteiger charge is -1.98. The van der Waals surface area contributed by atoms with Gasteiger partial charge in [-0.25, -0.2) is 0 Å². The van der Waals surface area contributed by atoms with E-state index in [0.717, 1.165) is 8.66 Å². The summed E-state index contributed by atoms with van der Waals surface area (Å²) < 4.78 is 0.956. The van der Waals surface area contributed by atoms with Crippen LogP contribution in [0.2, 0.25) is 0 Å². The zero-order valence-corrected chi connectivity index (χ0v) is 10.8. The van der Waals surface area contributed by atoms with E-state index in [0.29, 0.717) is 19.3 Å². The topological polar surface area (TPSA) is 46.2 Å². The molecule has 3 nitrogen and oxygen atoms in total. The molecule has 0 saturated carbocycles. The number of rotatable bonds is 5. The highest BCUT2D eigenvalue weighted by Crippen LogP contribution is 2.23. The monoisotopic (exact) mass is 289 g/mol. The van der Waals surface area contributed by atoms with Gasteiger partial charge in [-0.05, 0) is 34.5 Å². The van der Waals surface area contributed by atoms with Crippen LogP contribution in [0.1, 0.15) is 28.9 Å². The Morgan fingerprint density at radius 1 is 1.40 bits per heavy atom. The SMILES string of the molecule is CNC(=O)CCCC(=O)c1ccc(Br)s1. The number of hydrogen-bond acceptors (Lipinski definition) is 3. The molecule has 82 valence electrons. The van der Waals surface area contributed by atoms with E-state index in [1.54, 1.807) is 13.1 Å². The minimum atomic E-state index is -0.0184. The van der Waals surface area contributed by atoms with Gasteiger partial charge >= 0.3 is 0 Å². The fraction of sp³-hybridized carbons (Fsp3) is 0.400. The van der Waals surface area contributed by atoms with E-state index in [2.05, 4.69) is 21.2 Å². The first-order valence-corrected chi connectivity index (χ1v) is 6.23. The van der Waals surface area contributed by atoms with Crippen molar-refractivity contribution in [2.24, 2.45) is 0 Å². The van der Waals surface area contributed by atoms with Crippen molar-refractivity contribution in [3.63, 3.8) is 0 Å². The van der Waals surface area contributed by atoms with Gasteiger partial charge in [-0.1, -0.05) is 0 Å². The van der Waals surface area contributed by atoms with Crippen LogP contribution in [0.4, 0.5) is 0 Å². The number of Topliss-reactive ketones (excluding diaryl/α,β-unsaturated/α-hetero) is 1. The molecule has 15 heavy (non-hydrogen) atoms. The first-order valence-electron chi connectivity index (χ1n) is 4.62. The molecule has 1 heterocycles. The molecular formula is C10H12BrNO2S. The van der Waals surface area contributed by atoms with Gasteiger partial charge in [0.25, 0.3) is 0 Å². The average molecular weight is 290 g/mol. The van der Waals surface area contributed by atoms with Gasteiger partial charge in [-0.2, -0.15) is 0 Å². The molecule has 0 atom stereocenters. The fourth-order valence-corrected chi connectivity index (χ4v) is 2.48. The molecule has 1 amide bonds. The molecule has 1 aromatic heterocycles. The lowest BCUT2D eigenvalue weighted by Crippen LogP contribution is -2.17. The summed E-state index contributed by atoms with van der Waals surface area (Å²) in [6, 6.07) is 3.66. The molecule has 0 aliphatic carbocycles. The molecule has 5 heteroatoms. The van der Waals surface area contributed by atoms with Crippen LogP contribution in [-0.2, 0) is 4.79 Å². The molecule has 0 aromatic carbocycles. The molecule has 0 fully saturated rings. The Balaban J connectivity index is 2.34. The molecule has 0 bridgehead atoms. The van der Waals surface area contributed by atoms with Crippen molar-refractivity contribution < 1.29 is 9.59 Å². The lowest BCUT2D eigenvalue weighted by molar-refractivity contribution is -0.120. The van der Waals surface area contributed by atoms with Gasteiger partial charge in [0.2, 0.25) is 5.91 Å². The Hall–Kier alpha value is -0.680. The number of carbonyl (C=O) groups is 2. The predicted molar refractivity (Wildman–Crippen MR) is 64.3 cm³/mol. The minimum absolute atomic E-state index is 0.0184. The number of ketones is 1. The molecule has 0 unspecified atom stereocenters. The molecule has 0 aliphatic heterocycles. The quantitative estimate of drug-likeness (QED) is 0.847. The van der Waals surface area contributed by atoms with E-state index in [9.17, 15) is 9.59 Å². The van der Waals surface area contributed by atoms with Crippen molar-refractivity contribution in [1.82, 2.24) is 5.32 Å². The third-order valence-corrected chi connectivity index (χ3v) is 3.60. The van der Waals surface area contributed by atoms with Gasteiger partial charge in [0.1, 0.15) is 0 Å². The zero-order valence-electron chi connectivity index (χ0n) is 8.38. The van der Waals surface area contributed by atoms with Crippen molar-refractivity contribution in [2.45, 2.75) is 19.3 Å². The Bertz CT molecular complexity index is 362. The summed E-state index contributed by atoms with van der Waals surface area (Å²) >= 11 is 4.73. The minimum Gasteiger partial charge on any atom is -0.359 e. The van der Waals surface area contributed by atoms with Gasteiger partial charge in [0.15, 0.2) is 5.78 Å². The number of hydrogen-bond donors (Lipinski definition) is 1. The predicted octanol–water partition coefficient (Wildman–Crippen LogP) is 2.61. The van der Waals surface area contributed by atoms with Crippen molar-refractivity contribution >= 4 is 39.0 Å². The smallest absolute Gasteiger partial charge is 0.219 e. The van der Waals surface area contributed by atoms with E-state index < -0.39 is 0 Å². The standard InChI is InChI=1S/C10H12BrNO2S/c1-12-10(14)4-2-3-7(13)8-5-6-9(11)15-8/h5-6H,2-4H2,1H3,(H,12,14). The Kier molecular flexibility index (Phi) is 4.98. The second kappa shape index (κ2) is 6.02. The molecule has 0 aliphatic rings. The summed E-state index contributed by atoms with van der Waals surface area (Å²) in [5.41, 5.74) is 0. The maximum Gasteiger partial charge on any atom is 0.219 e. The highest BCUT2D eigenvalue weighted by Gasteiger charge is 2.09. The highest BCUT2D eigenvalue weighted by atomic mass is 79.9. The summed E-state index contributed by atoms with van der Waals surface area (Å²) in [7, 11) is 1.60. The number of carbonyl (C=O) groups excluding carboxylic acids is 2. The number of nitrogens with one attached hydrogen (secondary N) is 1. The third-order valence-electron chi connectivity index (χ3n) is 1.93. The Morgan fingerprint density at radius 3 is 2.67 bits per heavy atom. The lowest BCUT2D eigenvalue weighted by atomic mass is 10.1. The summed E-state index contributed by atoms with van der Waals surface area (Å²) in [5, 5.41) is 2.53. The van der Waals surface area contributed by atoms with E-state index >= 15 is 0 Å². The summed E-state index contributed by atoms with van der Waals surface area (Å²) in [5.74, 6) is 0.0877. The molecule has 1 N–H and O–H groups in total. The van der Waals surface area contributed by atoms with E-state index in [-0.39, 0.29) is 11.7 Å². The fourth-order valence-electron chi connectivity index (χ4n) is 1.12. The first-order chi connectivity index (χ1) is 7.13. The average Bonchev–Trinajstić information content (AvgIpc) is 2.64. The van der Waals surface area contributed by atoms with Crippen molar-refractivity contribution in [2.75, 3.05) is 7.05 Å². The normalized spacial score (nSPS) is 10.0. The molecular weight excluding hydrogens is 278 g/mol. The van der Waals surface area contributed by atoms with Gasteiger partial charge in [0, 0.05) is 19.9 Å². The van der Waals surface area contributed by atoms with E-state index in [1.165, 1.54) is 11.3 Å². The Morgan fingerprint density at radius 2 is 2.13 bits per heavy atom. The largest absolute Gasteiger partial charge is 0.359 e. The molecule has 0 spiro atoms. The summed E-state index contributed by atoms with van der Waals surface area (Å²) in [4.78, 5) is 23.2. The highest BCUT2D eigenvalue weighted by molar-refractivity contribution is 9.11. The van der Waals surface area contributed by atoms with Crippen LogP contribution in [-0.4, -0.2) is 18.7 Å². The number of halogens is 1. The summed E-state index contributed by atoms with van der Waals surface area (Å²) in [6.07, 6.45) is 1.45. The van der Waals surface area contributed by atoms with Crippen LogP contribution in [0.3, 0.4) is 0 Å². The van der Waals surface area contributed by atoms with Gasteiger partial charge in [0.05, 0.1) is 8.66 Å². The Labute approximate surface area is 101 Å². The molecule has 1 aromatic rings. The van der Waals surface area contributed by atoms with Crippen LogP contribution in [0, 0.1) is 0 Å². The molecule has 1 rings (SSSR count). The zero-order chi connectivity index (χ0) is 11.3. The van der Waals surface area contributed by atoms with Gasteiger partial charge in [-0.15, -0.1) is 11.3 Å². The van der Waals surface area contributed by atoms with Crippen molar-refractivity contribution in [1.29, 1.82) is 0 Å². The molecule has 0 radical (unpaired) electrons. The van der Waals surface area contributed by atoms with Crippen LogP contribution in [0.5, 0.6) is 0 Å². The van der Waals surface area contributed by atoms with Crippen LogP contribution < -0.4 is 5.32 Å². The van der Waals surface area contributed by atoms with E-state index in [1.807, 2.05) is 6.07 Å². The van der Waals surface area contributed by atoms with Crippen molar-refractivity contribution in [3.8, 4) is 0 Å². The number of thiophene rings is 1.